The summed E-state index contributed by atoms with van der Waals surface area (Å²) in [5, 5.41) is 3.06. The lowest BCUT2D eigenvalue weighted by atomic mass is 10.1. The van der Waals surface area contributed by atoms with Crippen LogP contribution in [0.2, 0.25) is 0 Å². The number of nitrogen functional groups attached to an aromatic ring is 1. The highest BCUT2D eigenvalue weighted by Crippen LogP contribution is 2.31. The van der Waals surface area contributed by atoms with E-state index in [4.69, 9.17) is 10.5 Å². The van der Waals surface area contributed by atoms with E-state index in [1.165, 1.54) is 6.33 Å². The summed E-state index contributed by atoms with van der Waals surface area (Å²) < 4.78 is 6.72. The molecule has 0 unspecified atom stereocenters. The normalized spacial score (nSPS) is 10.5. The van der Waals surface area contributed by atoms with E-state index in [0.717, 1.165) is 15.6 Å². The van der Waals surface area contributed by atoms with Crippen LogP contribution in [-0.4, -0.2) is 15.0 Å². The van der Waals surface area contributed by atoms with Gasteiger partial charge in [0.25, 0.3) is 0 Å². The first-order valence-corrected chi connectivity index (χ1v) is 8.06. The third-order valence-electron chi connectivity index (χ3n) is 3.23. The van der Waals surface area contributed by atoms with Crippen LogP contribution in [-0.2, 0) is 0 Å². The Morgan fingerprint density at radius 2 is 1.79 bits per heavy atom. The number of nitrogens with one attached hydrogen (secondary N) is 1. The number of anilines is 3. The van der Waals surface area contributed by atoms with Crippen molar-refractivity contribution in [3.63, 3.8) is 0 Å². The molecule has 0 saturated carbocycles. The van der Waals surface area contributed by atoms with Gasteiger partial charge < -0.3 is 15.8 Å². The van der Waals surface area contributed by atoms with Gasteiger partial charge in [-0.25, -0.2) is 9.97 Å². The smallest absolute Gasteiger partial charge is 0.248 e. The van der Waals surface area contributed by atoms with Gasteiger partial charge in [-0.05, 0) is 65.2 Å². The van der Waals surface area contributed by atoms with Crippen molar-refractivity contribution < 1.29 is 4.74 Å². The number of pyridine rings is 1. The Bertz CT molecular complexity index is 847. The Hall–Kier alpha value is -2.67. The molecule has 0 aliphatic carbocycles. The second-order valence-electron chi connectivity index (χ2n) is 5.35. The van der Waals surface area contributed by atoms with Crippen molar-refractivity contribution in [2.75, 3.05) is 11.1 Å². The quantitative estimate of drug-likeness (QED) is 0.693. The largest absolute Gasteiger partial charge is 0.437 e. The van der Waals surface area contributed by atoms with Crippen LogP contribution in [0.1, 0.15) is 11.1 Å². The fourth-order valence-corrected chi connectivity index (χ4v) is 2.47. The Morgan fingerprint density at radius 3 is 2.46 bits per heavy atom. The molecule has 3 N–H and O–H groups in total. The first-order valence-electron chi connectivity index (χ1n) is 7.26. The summed E-state index contributed by atoms with van der Waals surface area (Å²) in [4.78, 5) is 12.5. The molecule has 0 saturated heterocycles. The number of halogens is 1. The van der Waals surface area contributed by atoms with Crippen LogP contribution in [0.5, 0.6) is 11.6 Å². The third kappa shape index (κ3) is 3.80. The number of hydrogen-bond acceptors (Lipinski definition) is 6. The van der Waals surface area contributed by atoms with Gasteiger partial charge in [0.1, 0.15) is 23.6 Å². The van der Waals surface area contributed by atoms with Gasteiger partial charge in [0.05, 0.1) is 0 Å². The molecule has 24 heavy (non-hydrogen) atoms. The van der Waals surface area contributed by atoms with Gasteiger partial charge in [-0.3, -0.25) is 0 Å². The van der Waals surface area contributed by atoms with Crippen LogP contribution in [0.15, 0.2) is 47.3 Å². The van der Waals surface area contributed by atoms with E-state index in [0.29, 0.717) is 29.0 Å². The molecule has 7 heteroatoms. The Labute approximate surface area is 148 Å². The average Bonchev–Trinajstić information content (AvgIpc) is 2.52. The van der Waals surface area contributed by atoms with E-state index < -0.39 is 0 Å². The molecule has 0 radical (unpaired) electrons. The molecule has 0 fully saturated rings. The molecule has 2 heterocycles. The molecule has 0 aliphatic heterocycles. The fourth-order valence-electron chi connectivity index (χ4n) is 2.23. The molecule has 0 aliphatic rings. The maximum atomic E-state index is 6.14. The summed E-state index contributed by atoms with van der Waals surface area (Å²) in [6.07, 6.45) is 3.09. The molecule has 0 spiro atoms. The maximum Gasteiger partial charge on any atom is 0.248 e. The molecule has 122 valence electrons. The number of nitrogens with zero attached hydrogens (tertiary/aromatic N) is 3. The molecule has 3 aromatic rings. The number of aryl methyl sites for hydroxylation is 2. The molecular formula is C17H16BrN5O. The minimum atomic E-state index is 0.301. The van der Waals surface area contributed by atoms with E-state index in [2.05, 4.69) is 42.3 Å². The summed E-state index contributed by atoms with van der Waals surface area (Å²) in [7, 11) is 0. The summed E-state index contributed by atoms with van der Waals surface area (Å²) in [6.45, 7) is 4.02. The van der Waals surface area contributed by atoms with Gasteiger partial charge in [-0.1, -0.05) is 6.07 Å². The fraction of sp³-hybridized carbons (Fsp3) is 0.118. The van der Waals surface area contributed by atoms with E-state index in [9.17, 15) is 0 Å². The van der Waals surface area contributed by atoms with Gasteiger partial charge in [-0.2, -0.15) is 4.98 Å². The van der Waals surface area contributed by atoms with Crippen LogP contribution >= 0.6 is 15.9 Å². The number of rotatable bonds is 4. The van der Waals surface area contributed by atoms with Gasteiger partial charge in [0.2, 0.25) is 5.88 Å². The number of benzene rings is 1. The van der Waals surface area contributed by atoms with Crippen LogP contribution in [0.3, 0.4) is 0 Å². The maximum absolute atomic E-state index is 6.14. The van der Waals surface area contributed by atoms with E-state index in [-0.39, 0.29) is 0 Å². The first-order chi connectivity index (χ1) is 11.5. The average molecular weight is 386 g/mol. The molecule has 1 aromatic carbocycles. The van der Waals surface area contributed by atoms with Crippen molar-refractivity contribution in [3.05, 3.63) is 58.5 Å². The van der Waals surface area contributed by atoms with Crippen molar-refractivity contribution in [3.8, 4) is 11.6 Å². The van der Waals surface area contributed by atoms with Gasteiger partial charge in [0.15, 0.2) is 5.82 Å². The highest BCUT2D eigenvalue weighted by Gasteiger charge is 2.11. The second-order valence-corrected chi connectivity index (χ2v) is 6.27. The Morgan fingerprint density at radius 1 is 1.04 bits per heavy atom. The molecule has 0 bridgehead atoms. The van der Waals surface area contributed by atoms with Gasteiger partial charge in [0, 0.05) is 10.7 Å². The SMILES string of the molecule is Cc1cc(C)cc(Oc2ncnc(Nc3ccc(Br)cn3)c2N)c1. The Kier molecular flexibility index (Phi) is 4.61. The number of aromatic nitrogens is 3. The van der Waals surface area contributed by atoms with E-state index >= 15 is 0 Å². The van der Waals surface area contributed by atoms with E-state index in [1.807, 2.05) is 38.1 Å². The van der Waals surface area contributed by atoms with Gasteiger partial charge >= 0.3 is 0 Å². The zero-order valence-corrected chi connectivity index (χ0v) is 14.8. The molecule has 2 aromatic heterocycles. The Balaban J connectivity index is 1.86. The zero-order valence-electron chi connectivity index (χ0n) is 13.2. The van der Waals surface area contributed by atoms with Gasteiger partial charge in [-0.15, -0.1) is 0 Å². The van der Waals surface area contributed by atoms with Crippen molar-refractivity contribution in [1.29, 1.82) is 0 Å². The van der Waals surface area contributed by atoms with Crippen molar-refractivity contribution >= 4 is 33.3 Å². The molecule has 6 nitrogen and oxygen atoms in total. The monoisotopic (exact) mass is 385 g/mol. The van der Waals surface area contributed by atoms with Crippen molar-refractivity contribution in [2.24, 2.45) is 0 Å². The summed E-state index contributed by atoms with van der Waals surface area (Å²) in [5.41, 5.74) is 8.67. The summed E-state index contributed by atoms with van der Waals surface area (Å²) >= 11 is 3.35. The number of hydrogen-bond donors (Lipinski definition) is 2. The lowest BCUT2D eigenvalue weighted by Gasteiger charge is -2.12. The zero-order chi connectivity index (χ0) is 17.1. The topological polar surface area (TPSA) is 86.0 Å². The van der Waals surface area contributed by atoms with Crippen molar-refractivity contribution in [1.82, 2.24) is 15.0 Å². The lowest BCUT2D eigenvalue weighted by Crippen LogP contribution is -2.04. The molecule has 3 rings (SSSR count). The number of ether oxygens (including phenoxy) is 1. The lowest BCUT2D eigenvalue weighted by molar-refractivity contribution is 0.464. The molecular weight excluding hydrogens is 370 g/mol. The predicted octanol–water partition coefficient (Wildman–Crippen LogP) is 4.37. The standard InChI is InChI=1S/C17H16BrN5O/c1-10-5-11(2)7-13(6-10)24-17-15(19)16(21-9-22-17)23-14-4-3-12(18)8-20-14/h3-9H,19H2,1-2H3,(H,20,21,22,23). The van der Waals surface area contributed by atoms with Crippen LogP contribution in [0.25, 0.3) is 0 Å². The summed E-state index contributed by atoms with van der Waals surface area (Å²) in [6, 6.07) is 9.62. The van der Waals surface area contributed by atoms with Crippen LogP contribution < -0.4 is 15.8 Å². The second kappa shape index (κ2) is 6.84. The minimum absolute atomic E-state index is 0.301. The minimum Gasteiger partial charge on any atom is -0.437 e. The van der Waals surface area contributed by atoms with Crippen LogP contribution in [0.4, 0.5) is 17.3 Å². The highest BCUT2D eigenvalue weighted by molar-refractivity contribution is 9.10. The molecule has 0 amide bonds. The van der Waals surface area contributed by atoms with E-state index in [1.54, 1.807) is 6.20 Å². The first kappa shape index (κ1) is 16.2. The molecule has 0 atom stereocenters. The third-order valence-corrected chi connectivity index (χ3v) is 3.70. The number of nitrogens with two attached hydrogens (primary N) is 1. The van der Waals surface area contributed by atoms with Crippen LogP contribution in [0, 0.1) is 13.8 Å². The summed E-state index contributed by atoms with van der Waals surface area (Å²) in [5.74, 6) is 2.06. The highest BCUT2D eigenvalue weighted by atomic mass is 79.9. The predicted molar refractivity (Wildman–Crippen MR) is 97.7 cm³/mol. The van der Waals surface area contributed by atoms with Crippen molar-refractivity contribution in [2.45, 2.75) is 13.8 Å².